The van der Waals surface area contributed by atoms with Crippen molar-refractivity contribution in [3.63, 3.8) is 0 Å². The topological polar surface area (TPSA) is 35.8 Å². The number of hydrogen-bond donors (Lipinski definition) is 1. The van der Waals surface area contributed by atoms with E-state index in [1.165, 1.54) is 0 Å². The molecule has 0 unspecified atom stereocenters. The zero-order chi connectivity index (χ0) is 15.6. The van der Waals surface area contributed by atoms with Crippen LogP contribution in [0.1, 0.15) is 11.1 Å². The van der Waals surface area contributed by atoms with Crippen molar-refractivity contribution in [2.75, 3.05) is 5.32 Å². The Kier molecular flexibility index (Phi) is 3.80. The molecule has 21 heavy (non-hydrogen) atoms. The summed E-state index contributed by atoms with van der Waals surface area (Å²) in [5, 5.41) is 11.2. The molecule has 0 aliphatic carbocycles. The molecule has 1 N–H and O–H groups in total. The third-order valence-corrected chi connectivity index (χ3v) is 2.67. The molecule has 0 aliphatic rings. The van der Waals surface area contributed by atoms with Crippen molar-refractivity contribution in [1.29, 1.82) is 5.26 Å². The molecule has 0 atom stereocenters. The first-order chi connectivity index (χ1) is 9.81. The molecule has 0 heterocycles. The Bertz CT molecular complexity index is 716. The van der Waals surface area contributed by atoms with Crippen LogP contribution in [0.5, 0.6) is 0 Å². The van der Waals surface area contributed by atoms with Crippen molar-refractivity contribution in [2.24, 2.45) is 0 Å². The number of anilines is 2. The Morgan fingerprint density at radius 3 is 2.29 bits per heavy atom. The minimum atomic E-state index is -4.62. The number of hydrogen-bond acceptors (Lipinski definition) is 2. The number of rotatable bonds is 2. The van der Waals surface area contributed by atoms with Crippen LogP contribution in [-0.2, 0) is 6.18 Å². The number of alkyl halides is 3. The third-order valence-electron chi connectivity index (χ3n) is 2.67. The zero-order valence-electron chi connectivity index (χ0n) is 10.3. The Labute approximate surface area is 116 Å². The van der Waals surface area contributed by atoms with E-state index in [0.717, 1.165) is 18.2 Å². The summed E-state index contributed by atoms with van der Waals surface area (Å²) in [6.07, 6.45) is -4.62. The summed E-state index contributed by atoms with van der Waals surface area (Å²) < 4.78 is 64.3. The van der Waals surface area contributed by atoms with Crippen molar-refractivity contribution in [2.45, 2.75) is 6.18 Å². The number of nitrogens with zero attached hydrogens (tertiary/aromatic N) is 1. The molecule has 108 valence electrons. The van der Waals surface area contributed by atoms with E-state index in [9.17, 15) is 22.0 Å². The lowest BCUT2D eigenvalue weighted by atomic mass is 10.1. The van der Waals surface area contributed by atoms with Gasteiger partial charge < -0.3 is 5.32 Å². The highest BCUT2D eigenvalue weighted by Crippen LogP contribution is 2.33. The van der Waals surface area contributed by atoms with Crippen LogP contribution in [0.25, 0.3) is 0 Å². The summed E-state index contributed by atoms with van der Waals surface area (Å²) in [6.45, 7) is 0. The Balaban J connectivity index is 2.43. The highest BCUT2D eigenvalue weighted by atomic mass is 19.4. The van der Waals surface area contributed by atoms with Crippen molar-refractivity contribution < 1.29 is 22.0 Å². The Morgan fingerprint density at radius 1 is 0.952 bits per heavy atom. The van der Waals surface area contributed by atoms with Crippen molar-refractivity contribution >= 4 is 11.4 Å². The van der Waals surface area contributed by atoms with Crippen LogP contribution in [0.15, 0.2) is 36.4 Å². The quantitative estimate of drug-likeness (QED) is 0.822. The van der Waals surface area contributed by atoms with Crippen LogP contribution < -0.4 is 5.32 Å². The SMILES string of the molecule is N#Cc1cc(F)ccc1Nc1cc(C(F)(F)F)ccc1F. The lowest BCUT2D eigenvalue weighted by Gasteiger charge is -2.12. The van der Waals surface area contributed by atoms with E-state index < -0.39 is 29.1 Å². The van der Waals surface area contributed by atoms with Crippen LogP contribution in [-0.4, -0.2) is 0 Å². The molecule has 2 rings (SSSR count). The van der Waals surface area contributed by atoms with E-state index in [1.54, 1.807) is 6.07 Å². The predicted molar refractivity (Wildman–Crippen MR) is 65.8 cm³/mol. The fourth-order valence-electron chi connectivity index (χ4n) is 1.66. The van der Waals surface area contributed by atoms with Crippen LogP contribution >= 0.6 is 0 Å². The molecule has 0 fully saturated rings. The molecule has 0 aliphatic heterocycles. The van der Waals surface area contributed by atoms with E-state index in [1.807, 2.05) is 0 Å². The maximum Gasteiger partial charge on any atom is 0.416 e. The normalized spacial score (nSPS) is 11.0. The second-order valence-corrected chi connectivity index (χ2v) is 4.12. The smallest absolute Gasteiger partial charge is 0.352 e. The summed E-state index contributed by atoms with van der Waals surface area (Å²) in [5.74, 6) is -1.60. The predicted octanol–water partition coefficient (Wildman–Crippen LogP) is 4.60. The van der Waals surface area contributed by atoms with Crippen molar-refractivity contribution in [3.8, 4) is 6.07 Å². The summed E-state index contributed by atoms with van der Waals surface area (Å²) in [7, 11) is 0. The first-order valence-corrected chi connectivity index (χ1v) is 5.64. The molecule has 0 aromatic heterocycles. The monoisotopic (exact) mass is 298 g/mol. The molecule has 0 saturated carbocycles. The number of benzene rings is 2. The van der Waals surface area contributed by atoms with Crippen LogP contribution in [0, 0.1) is 23.0 Å². The van der Waals surface area contributed by atoms with E-state index in [4.69, 9.17) is 5.26 Å². The molecule has 2 nitrogen and oxygen atoms in total. The molecule has 0 amide bonds. The molecular formula is C14H7F5N2. The standard InChI is InChI=1S/C14H7F5N2/c15-10-2-4-12(8(5-10)7-20)21-13-6-9(14(17,18)19)1-3-11(13)16/h1-6,21H. The number of nitrogens with one attached hydrogen (secondary N) is 1. The Hall–Kier alpha value is -2.62. The maximum atomic E-state index is 13.6. The summed E-state index contributed by atoms with van der Waals surface area (Å²) in [5.41, 5.74) is -1.62. The second-order valence-electron chi connectivity index (χ2n) is 4.12. The van der Waals surface area contributed by atoms with Gasteiger partial charge in [0.25, 0.3) is 0 Å². The van der Waals surface area contributed by atoms with E-state index in [2.05, 4.69) is 5.32 Å². The van der Waals surface area contributed by atoms with Crippen LogP contribution in [0.2, 0.25) is 0 Å². The van der Waals surface area contributed by atoms with Gasteiger partial charge in [0.2, 0.25) is 0 Å². The van der Waals surface area contributed by atoms with Crippen molar-refractivity contribution in [3.05, 3.63) is 59.2 Å². The average molecular weight is 298 g/mol. The van der Waals surface area contributed by atoms with Gasteiger partial charge >= 0.3 is 6.18 Å². The highest BCUT2D eigenvalue weighted by Gasteiger charge is 2.31. The summed E-state index contributed by atoms with van der Waals surface area (Å²) >= 11 is 0. The van der Waals surface area contributed by atoms with Gasteiger partial charge in [-0.25, -0.2) is 8.78 Å². The molecule has 2 aromatic rings. The summed E-state index contributed by atoms with van der Waals surface area (Å²) in [6, 6.07) is 6.58. The Morgan fingerprint density at radius 2 is 1.67 bits per heavy atom. The van der Waals surface area contributed by atoms with Gasteiger partial charge in [-0.2, -0.15) is 18.4 Å². The maximum absolute atomic E-state index is 13.6. The number of halogens is 5. The molecule has 0 radical (unpaired) electrons. The first kappa shape index (κ1) is 14.8. The zero-order valence-corrected chi connectivity index (χ0v) is 10.3. The van der Waals surface area contributed by atoms with Gasteiger partial charge in [0.15, 0.2) is 0 Å². The average Bonchev–Trinajstić information content (AvgIpc) is 2.41. The largest absolute Gasteiger partial charge is 0.416 e. The first-order valence-electron chi connectivity index (χ1n) is 5.64. The van der Waals surface area contributed by atoms with Gasteiger partial charge in [-0.15, -0.1) is 0 Å². The summed E-state index contributed by atoms with van der Waals surface area (Å²) in [4.78, 5) is 0. The van der Waals surface area contributed by atoms with Gasteiger partial charge in [0, 0.05) is 0 Å². The fourth-order valence-corrected chi connectivity index (χ4v) is 1.66. The number of nitriles is 1. The molecule has 0 bridgehead atoms. The molecular weight excluding hydrogens is 291 g/mol. The van der Waals surface area contributed by atoms with Gasteiger partial charge in [-0.1, -0.05) is 0 Å². The lowest BCUT2D eigenvalue weighted by molar-refractivity contribution is -0.137. The van der Waals surface area contributed by atoms with E-state index >= 15 is 0 Å². The van der Waals surface area contributed by atoms with E-state index in [-0.39, 0.29) is 11.3 Å². The van der Waals surface area contributed by atoms with Gasteiger partial charge in [0.05, 0.1) is 22.5 Å². The molecule has 0 spiro atoms. The third kappa shape index (κ3) is 3.28. The molecule has 2 aromatic carbocycles. The van der Waals surface area contributed by atoms with Crippen molar-refractivity contribution in [1.82, 2.24) is 0 Å². The molecule has 7 heteroatoms. The minimum Gasteiger partial charge on any atom is -0.352 e. The van der Waals surface area contributed by atoms with Crippen LogP contribution in [0.3, 0.4) is 0 Å². The fraction of sp³-hybridized carbons (Fsp3) is 0.0714. The van der Waals surface area contributed by atoms with Gasteiger partial charge in [-0.05, 0) is 36.4 Å². The highest BCUT2D eigenvalue weighted by molar-refractivity contribution is 5.67. The van der Waals surface area contributed by atoms with E-state index in [0.29, 0.717) is 18.2 Å². The van der Waals surface area contributed by atoms with Crippen LogP contribution in [0.4, 0.5) is 33.3 Å². The second kappa shape index (κ2) is 5.40. The molecule has 0 saturated heterocycles. The van der Waals surface area contributed by atoms with Gasteiger partial charge in [-0.3, -0.25) is 0 Å². The minimum absolute atomic E-state index is 0.0112. The lowest BCUT2D eigenvalue weighted by Crippen LogP contribution is -2.06. The van der Waals surface area contributed by atoms with Gasteiger partial charge in [0.1, 0.15) is 17.7 Å².